The highest BCUT2D eigenvalue weighted by atomic mass is 35.5. The summed E-state index contributed by atoms with van der Waals surface area (Å²) >= 11 is 5.90. The number of hydrogen-bond acceptors (Lipinski definition) is 4. The number of aryl methyl sites for hydroxylation is 1. The number of benzene rings is 3. The third-order valence-electron chi connectivity index (χ3n) is 4.84. The van der Waals surface area contributed by atoms with Gasteiger partial charge in [0.25, 0.3) is 5.91 Å². The van der Waals surface area contributed by atoms with Crippen molar-refractivity contribution in [1.82, 2.24) is 0 Å². The number of amides is 1. The first-order valence-electron chi connectivity index (χ1n) is 9.25. The highest BCUT2D eigenvalue weighted by Crippen LogP contribution is 2.30. The SMILES string of the molecule is COc1cccc(C(=O)Nc2ccc3c(C)c(C(=O)c4ccc(Cl)cc4)oc3c2)c1. The molecule has 4 rings (SSSR count). The Morgan fingerprint density at radius 2 is 1.73 bits per heavy atom. The second kappa shape index (κ2) is 8.05. The number of methoxy groups -OCH3 is 1. The normalized spacial score (nSPS) is 10.8. The number of rotatable bonds is 5. The molecule has 150 valence electrons. The Hall–Kier alpha value is -3.57. The number of carbonyl (C=O) groups is 2. The molecular formula is C24H18ClNO4. The fourth-order valence-electron chi connectivity index (χ4n) is 3.22. The van der Waals surface area contributed by atoms with Crippen molar-refractivity contribution in [2.75, 3.05) is 12.4 Å². The lowest BCUT2D eigenvalue weighted by Gasteiger charge is -2.06. The number of anilines is 1. The molecule has 0 aliphatic carbocycles. The van der Waals surface area contributed by atoms with Gasteiger partial charge in [-0.25, -0.2) is 0 Å². The summed E-state index contributed by atoms with van der Waals surface area (Å²) < 4.78 is 11.0. The van der Waals surface area contributed by atoms with E-state index in [2.05, 4.69) is 5.32 Å². The first-order valence-corrected chi connectivity index (χ1v) is 9.63. The number of ether oxygens (including phenoxy) is 1. The highest BCUT2D eigenvalue weighted by Gasteiger charge is 2.20. The molecule has 1 amide bonds. The number of fused-ring (bicyclic) bond motifs is 1. The van der Waals surface area contributed by atoms with E-state index in [-0.39, 0.29) is 17.5 Å². The molecule has 0 aliphatic rings. The molecule has 0 radical (unpaired) electrons. The van der Waals surface area contributed by atoms with E-state index in [0.29, 0.717) is 33.2 Å². The van der Waals surface area contributed by atoms with Gasteiger partial charge in [0.1, 0.15) is 11.3 Å². The molecule has 0 unspecified atom stereocenters. The van der Waals surface area contributed by atoms with Gasteiger partial charge in [0.15, 0.2) is 5.76 Å². The first kappa shape index (κ1) is 19.7. The van der Waals surface area contributed by atoms with E-state index in [4.69, 9.17) is 20.8 Å². The second-order valence-corrected chi connectivity index (χ2v) is 7.23. The Labute approximate surface area is 178 Å². The predicted octanol–water partition coefficient (Wildman–Crippen LogP) is 5.89. The standard InChI is InChI=1S/C24H18ClNO4/c1-14-20-11-10-18(26-24(28)16-4-3-5-19(12-16)29-2)13-21(20)30-23(14)22(27)15-6-8-17(25)9-7-15/h3-13H,1-2H3,(H,26,28). The van der Waals surface area contributed by atoms with Crippen molar-refractivity contribution in [2.45, 2.75) is 6.92 Å². The van der Waals surface area contributed by atoms with Gasteiger partial charge in [0.05, 0.1) is 7.11 Å². The lowest BCUT2D eigenvalue weighted by atomic mass is 10.0. The fraction of sp³-hybridized carbons (Fsp3) is 0.0833. The maximum Gasteiger partial charge on any atom is 0.255 e. The van der Waals surface area contributed by atoms with Crippen molar-refractivity contribution < 1.29 is 18.7 Å². The third kappa shape index (κ3) is 3.80. The topological polar surface area (TPSA) is 68.5 Å². The Balaban J connectivity index is 1.62. The average Bonchev–Trinajstić information content (AvgIpc) is 3.09. The van der Waals surface area contributed by atoms with E-state index in [9.17, 15) is 9.59 Å². The van der Waals surface area contributed by atoms with Crippen molar-refractivity contribution in [1.29, 1.82) is 0 Å². The molecule has 1 aromatic heterocycles. The van der Waals surface area contributed by atoms with E-state index in [1.807, 2.05) is 13.0 Å². The van der Waals surface area contributed by atoms with E-state index >= 15 is 0 Å². The fourth-order valence-corrected chi connectivity index (χ4v) is 3.35. The maximum absolute atomic E-state index is 12.8. The monoisotopic (exact) mass is 419 g/mol. The lowest BCUT2D eigenvalue weighted by molar-refractivity contribution is 0.101. The van der Waals surface area contributed by atoms with Crippen molar-refractivity contribution in [2.24, 2.45) is 0 Å². The molecule has 0 saturated carbocycles. The van der Waals surface area contributed by atoms with Crippen LogP contribution >= 0.6 is 11.6 Å². The summed E-state index contributed by atoms with van der Waals surface area (Å²) in [6.07, 6.45) is 0. The van der Waals surface area contributed by atoms with Gasteiger partial charge in [-0.15, -0.1) is 0 Å². The number of furan rings is 1. The number of nitrogens with one attached hydrogen (secondary N) is 1. The van der Waals surface area contributed by atoms with Crippen molar-refractivity contribution >= 4 is 39.9 Å². The van der Waals surface area contributed by atoms with Crippen LogP contribution in [0.1, 0.15) is 32.0 Å². The molecule has 0 saturated heterocycles. The molecule has 4 aromatic rings. The minimum absolute atomic E-state index is 0.220. The average molecular weight is 420 g/mol. The molecule has 0 spiro atoms. The number of hydrogen-bond donors (Lipinski definition) is 1. The molecule has 5 nitrogen and oxygen atoms in total. The van der Waals surface area contributed by atoms with Crippen LogP contribution in [0, 0.1) is 6.92 Å². The molecule has 0 atom stereocenters. The van der Waals surface area contributed by atoms with Crippen molar-refractivity contribution in [3.8, 4) is 5.75 Å². The third-order valence-corrected chi connectivity index (χ3v) is 5.09. The number of ketones is 1. The Morgan fingerprint density at radius 3 is 2.47 bits per heavy atom. The summed E-state index contributed by atoms with van der Waals surface area (Å²) in [5.41, 5.74) is 2.80. The second-order valence-electron chi connectivity index (χ2n) is 6.79. The summed E-state index contributed by atoms with van der Waals surface area (Å²) in [6, 6.07) is 18.9. The minimum Gasteiger partial charge on any atom is -0.497 e. The van der Waals surface area contributed by atoms with Crippen LogP contribution in [0.4, 0.5) is 5.69 Å². The van der Waals surface area contributed by atoms with Crippen molar-refractivity contribution in [3.63, 3.8) is 0 Å². The molecule has 0 fully saturated rings. The number of carbonyl (C=O) groups excluding carboxylic acids is 2. The molecule has 1 heterocycles. The molecule has 6 heteroatoms. The van der Waals surface area contributed by atoms with E-state index in [1.54, 1.807) is 67.8 Å². The van der Waals surface area contributed by atoms with Gasteiger partial charge in [0.2, 0.25) is 5.78 Å². The van der Waals surface area contributed by atoms with Crippen LogP contribution in [0.2, 0.25) is 5.02 Å². The van der Waals surface area contributed by atoms with Gasteiger partial charge in [-0.2, -0.15) is 0 Å². The summed E-state index contributed by atoms with van der Waals surface area (Å²) in [5, 5.41) is 4.21. The summed E-state index contributed by atoms with van der Waals surface area (Å²) in [4.78, 5) is 25.4. The number of halogens is 1. The van der Waals surface area contributed by atoms with Crippen LogP contribution < -0.4 is 10.1 Å². The van der Waals surface area contributed by atoms with Crippen LogP contribution in [-0.4, -0.2) is 18.8 Å². The zero-order chi connectivity index (χ0) is 21.3. The van der Waals surface area contributed by atoms with Gasteiger partial charge in [-0.05, 0) is 61.5 Å². The van der Waals surface area contributed by atoms with Gasteiger partial charge in [-0.1, -0.05) is 17.7 Å². The highest BCUT2D eigenvalue weighted by molar-refractivity contribution is 6.30. The lowest BCUT2D eigenvalue weighted by Crippen LogP contribution is -2.11. The Bertz CT molecular complexity index is 1260. The smallest absolute Gasteiger partial charge is 0.255 e. The minimum atomic E-state index is -0.269. The Morgan fingerprint density at radius 1 is 0.967 bits per heavy atom. The quantitative estimate of drug-likeness (QED) is 0.410. The molecule has 30 heavy (non-hydrogen) atoms. The van der Waals surface area contributed by atoms with Gasteiger partial charge in [-0.3, -0.25) is 9.59 Å². The van der Waals surface area contributed by atoms with Crippen molar-refractivity contribution in [3.05, 3.63) is 94.2 Å². The van der Waals surface area contributed by atoms with E-state index < -0.39 is 0 Å². The summed E-state index contributed by atoms with van der Waals surface area (Å²) in [7, 11) is 1.55. The van der Waals surface area contributed by atoms with E-state index in [1.165, 1.54) is 0 Å². The Kier molecular flexibility index (Phi) is 5.29. The van der Waals surface area contributed by atoms with Crippen LogP contribution in [0.3, 0.4) is 0 Å². The predicted molar refractivity (Wildman–Crippen MR) is 117 cm³/mol. The summed E-state index contributed by atoms with van der Waals surface area (Å²) in [5.74, 6) is 0.380. The maximum atomic E-state index is 12.8. The van der Waals surface area contributed by atoms with Gasteiger partial charge < -0.3 is 14.5 Å². The molecule has 0 aliphatic heterocycles. The van der Waals surface area contributed by atoms with Crippen LogP contribution in [0.5, 0.6) is 5.75 Å². The summed E-state index contributed by atoms with van der Waals surface area (Å²) in [6.45, 7) is 1.84. The van der Waals surface area contributed by atoms with Crippen LogP contribution in [0.15, 0.2) is 71.1 Å². The van der Waals surface area contributed by atoms with Crippen LogP contribution in [-0.2, 0) is 0 Å². The van der Waals surface area contributed by atoms with Gasteiger partial charge >= 0.3 is 0 Å². The zero-order valence-electron chi connectivity index (χ0n) is 16.4. The molecule has 0 bridgehead atoms. The molecule has 1 N–H and O–H groups in total. The zero-order valence-corrected chi connectivity index (χ0v) is 17.1. The van der Waals surface area contributed by atoms with Crippen LogP contribution in [0.25, 0.3) is 11.0 Å². The van der Waals surface area contributed by atoms with E-state index in [0.717, 1.165) is 10.9 Å². The first-order chi connectivity index (χ1) is 14.5. The molecular weight excluding hydrogens is 402 g/mol. The largest absolute Gasteiger partial charge is 0.497 e. The molecule has 3 aromatic carbocycles. The van der Waals surface area contributed by atoms with Gasteiger partial charge in [0, 0.05) is 38.9 Å².